The van der Waals surface area contributed by atoms with E-state index in [-0.39, 0.29) is 5.91 Å². The third-order valence-electron chi connectivity index (χ3n) is 3.79. The number of fused-ring (bicyclic) bond motifs is 1. The molecule has 4 rings (SSSR count). The molecule has 3 heterocycles. The Kier molecular flexibility index (Phi) is 3.07. The van der Waals surface area contributed by atoms with Crippen LogP contribution in [0.4, 0.5) is 0 Å². The molecule has 3 aromatic heterocycles. The van der Waals surface area contributed by atoms with Gasteiger partial charge in [0, 0.05) is 18.3 Å². The van der Waals surface area contributed by atoms with Crippen LogP contribution in [0.25, 0.3) is 5.65 Å². The molecule has 0 aromatic carbocycles. The Hall–Kier alpha value is -2.76. The fourth-order valence-electron chi connectivity index (χ4n) is 2.44. The maximum absolute atomic E-state index is 12.3. The lowest BCUT2D eigenvalue weighted by molar-refractivity contribution is 0.0950. The Labute approximate surface area is 127 Å². The smallest absolute Gasteiger partial charge is 0.253 e. The standard InChI is InChI=1S/C16H15N5O/c22-16(18-9-13-3-1-2-8-17-13)12-6-7-14-19-20-15(11-4-5-11)21(14)10-12/h1-3,6-8,10-11H,4-5,9H2,(H,18,22). The van der Waals surface area contributed by atoms with Crippen molar-refractivity contribution in [3.05, 3.63) is 59.8 Å². The first-order valence-electron chi connectivity index (χ1n) is 7.34. The number of aromatic nitrogens is 4. The lowest BCUT2D eigenvalue weighted by atomic mass is 10.2. The van der Waals surface area contributed by atoms with Gasteiger partial charge in [-0.2, -0.15) is 0 Å². The van der Waals surface area contributed by atoms with Gasteiger partial charge in [-0.15, -0.1) is 10.2 Å². The van der Waals surface area contributed by atoms with Crippen LogP contribution in [-0.2, 0) is 6.54 Å². The monoisotopic (exact) mass is 293 g/mol. The van der Waals surface area contributed by atoms with E-state index in [1.165, 1.54) is 0 Å². The van der Waals surface area contributed by atoms with E-state index in [0.717, 1.165) is 30.0 Å². The van der Waals surface area contributed by atoms with Crippen molar-refractivity contribution >= 4 is 11.6 Å². The molecule has 0 unspecified atom stereocenters. The quantitative estimate of drug-likeness (QED) is 0.798. The number of carbonyl (C=O) groups excluding carboxylic acids is 1. The van der Waals surface area contributed by atoms with Crippen molar-refractivity contribution in [2.75, 3.05) is 0 Å². The Morgan fingerprint density at radius 3 is 2.91 bits per heavy atom. The van der Waals surface area contributed by atoms with Crippen LogP contribution in [-0.4, -0.2) is 25.5 Å². The second-order valence-corrected chi connectivity index (χ2v) is 5.48. The van der Waals surface area contributed by atoms with Crippen LogP contribution < -0.4 is 5.32 Å². The topological polar surface area (TPSA) is 72.2 Å². The molecule has 22 heavy (non-hydrogen) atoms. The maximum Gasteiger partial charge on any atom is 0.253 e. The van der Waals surface area contributed by atoms with Crippen LogP contribution >= 0.6 is 0 Å². The van der Waals surface area contributed by atoms with Gasteiger partial charge < -0.3 is 5.32 Å². The lowest BCUT2D eigenvalue weighted by Crippen LogP contribution is -2.23. The summed E-state index contributed by atoms with van der Waals surface area (Å²) >= 11 is 0. The zero-order valence-electron chi connectivity index (χ0n) is 11.9. The molecule has 0 atom stereocenters. The summed E-state index contributed by atoms with van der Waals surface area (Å²) in [6.07, 6.45) is 5.83. The van der Waals surface area contributed by atoms with Crippen molar-refractivity contribution in [3.8, 4) is 0 Å². The first-order chi connectivity index (χ1) is 10.8. The highest BCUT2D eigenvalue weighted by molar-refractivity contribution is 5.94. The van der Waals surface area contributed by atoms with Gasteiger partial charge in [0.25, 0.3) is 5.91 Å². The van der Waals surface area contributed by atoms with Crippen LogP contribution in [0.15, 0.2) is 42.7 Å². The first-order valence-corrected chi connectivity index (χ1v) is 7.34. The van der Waals surface area contributed by atoms with Gasteiger partial charge in [-0.1, -0.05) is 6.07 Å². The Balaban J connectivity index is 1.55. The maximum atomic E-state index is 12.3. The van der Waals surface area contributed by atoms with Crippen molar-refractivity contribution in [2.24, 2.45) is 0 Å². The minimum absolute atomic E-state index is 0.122. The Morgan fingerprint density at radius 1 is 1.23 bits per heavy atom. The molecule has 1 fully saturated rings. The first kappa shape index (κ1) is 12.9. The summed E-state index contributed by atoms with van der Waals surface area (Å²) in [5.74, 6) is 1.32. The summed E-state index contributed by atoms with van der Waals surface area (Å²) in [7, 11) is 0. The highest BCUT2D eigenvalue weighted by Gasteiger charge is 2.28. The molecule has 3 aromatic rings. The van der Waals surface area contributed by atoms with Crippen molar-refractivity contribution in [3.63, 3.8) is 0 Å². The van der Waals surface area contributed by atoms with E-state index in [4.69, 9.17) is 0 Å². The largest absolute Gasteiger partial charge is 0.346 e. The second kappa shape index (κ2) is 5.22. The molecular weight excluding hydrogens is 278 g/mol. The van der Waals surface area contributed by atoms with Crippen LogP contribution in [0.3, 0.4) is 0 Å². The number of amides is 1. The number of hydrogen-bond acceptors (Lipinski definition) is 4. The summed E-state index contributed by atoms with van der Waals surface area (Å²) in [6.45, 7) is 0.412. The average molecular weight is 293 g/mol. The summed E-state index contributed by atoms with van der Waals surface area (Å²) in [6, 6.07) is 9.24. The number of nitrogens with one attached hydrogen (secondary N) is 1. The van der Waals surface area contributed by atoms with E-state index in [0.29, 0.717) is 18.0 Å². The molecule has 0 bridgehead atoms. The highest BCUT2D eigenvalue weighted by Crippen LogP contribution is 2.38. The van der Waals surface area contributed by atoms with Crippen LogP contribution in [0.5, 0.6) is 0 Å². The molecule has 110 valence electrons. The molecule has 1 aliphatic rings. The molecular formula is C16H15N5O. The van der Waals surface area contributed by atoms with Gasteiger partial charge in [-0.05, 0) is 37.1 Å². The molecule has 1 N–H and O–H groups in total. The number of hydrogen-bond donors (Lipinski definition) is 1. The molecule has 0 radical (unpaired) electrons. The van der Waals surface area contributed by atoms with Crippen molar-refractivity contribution in [1.82, 2.24) is 24.9 Å². The van der Waals surface area contributed by atoms with E-state index < -0.39 is 0 Å². The van der Waals surface area contributed by atoms with Crippen LogP contribution in [0, 0.1) is 0 Å². The molecule has 0 saturated heterocycles. The van der Waals surface area contributed by atoms with E-state index in [9.17, 15) is 4.79 Å². The molecule has 0 spiro atoms. The van der Waals surface area contributed by atoms with E-state index >= 15 is 0 Å². The number of rotatable bonds is 4. The molecule has 1 amide bonds. The number of carbonyl (C=O) groups is 1. The normalized spacial score (nSPS) is 14.2. The van der Waals surface area contributed by atoms with Crippen molar-refractivity contribution < 1.29 is 4.79 Å². The molecule has 1 saturated carbocycles. The zero-order chi connectivity index (χ0) is 14.9. The molecule has 6 heteroatoms. The minimum Gasteiger partial charge on any atom is -0.346 e. The minimum atomic E-state index is -0.122. The summed E-state index contributed by atoms with van der Waals surface area (Å²) in [5, 5.41) is 11.2. The van der Waals surface area contributed by atoms with Gasteiger partial charge in [-0.3, -0.25) is 14.2 Å². The fraction of sp³-hybridized carbons (Fsp3) is 0.250. The number of pyridine rings is 2. The van der Waals surface area contributed by atoms with Gasteiger partial charge in [0.1, 0.15) is 5.82 Å². The fourth-order valence-corrected chi connectivity index (χ4v) is 2.44. The third kappa shape index (κ3) is 2.43. The van der Waals surface area contributed by atoms with Crippen molar-refractivity contribution in [1.29, 1.82) is 0 Å². The van der Waals surface area contributed by atoms with Crippen LogP contribution in [0.2, 0.25) is 0 Å². The average Bonchev–Trinajstić information content (AvgIpc) is 3.32. The predicted octanol–water partition coefficient (Wildman–Crippen LogP) is 1.93. The Morgan fingerprint density at radius 2 is 2.14 bits per heavy atom. The molecule has 6 nitrogen and oxygen atoms in total. The van der Waals surface area contributed by atoms with Gasteiger partial charge in [0.15, 0.2) is 5.65 Å². The molecule has 0 aliphatic heterocycles. The van der Waals surface area contributed by atoms with E-state index in [1.807, 2.05) is 34.9 Å². The summed E-state index contributed by atoms with van der Waals surface area (Å²) < 4.78 is 1.92. The Bertz CT molecular complexity index is 823. The van der Waals surface area contributed by atoms with Crippen molar-refractivity contribution in [2.45, 2.75) is 25.3 Å². The van der Waals surface area contributed by atoms with Gasteiger partial charge in [0.2, 0.25) is 0 Å². The zero-order valence-corrected chi connectivity index (χ0v) is 11.9. The van der Waals surface area contributed by atoms with Gasteiger partial charge in [-0.25, -0.2) is 0 Å². The number of nitrogens with zero attached hydrogens (tertiary/aromatic N) is 4. The molecule has 1 aliphatic carbocycles. The second-order valence-electron chi connectivity index (χ2n) is 5.48. The summed E-state index contributed by atoms with van der Waals surface area (Å²) in [4.78, 5) is 16.5. The van der Waals surface area contributed by atoms with E-state index in [1.54, 1.807) is 12.3 Å². The van der Waals surface area contributed by atoms with Gasteiger partial charge >= 0.3 is 0 Å². The predicted molar refractivity (Wildman–Crippen MR) is 80.4 cm³/mol. The summed E-state index contributed by atoms with van der Waals surface area (Å²) in [5.41, 5.74) is 2.22. The SMILES string of the molecule is O=C(NCc1ccccn1)c1ccc2nnc(C3CC3)n2c1. The van der Waals surface area contributed by atoms with Crippen LogP contribution in [0.1, 0.15) is 40.6 Å². The van der Waals surface area contributed by atoms with Gasteiger partial charge in [0.05, 0.1) is 17.8 Å². The lowest BCUT2D eigenvalue weighted by Gasteiger charge is -2.06. The highest BCUT2D eigenvalue weighted by atomic mass is 16.1. The third-order valence-corrected chi connectivity index (χ3v) is 3.79. The van der Waals surface area contributed by atoms with E-state index in [2.05, 4.69) is 20.5 Å².